The Morgan fingerprint density at radius 1 is 0.973 bits per heavy atom. The van der Waals surface area contributed by atoms with Crippen molar-refractivity contribution in [1.29, 1.82) is 0 Å². The first kappa shape index (κ1) is 27.7. The third kappa shape index (κ3) is 7.32. The van der Waals surface area contributed by atoms with Crippen LogP contribution in [0.25, 0.3) is 0 Å². The van der Waals surface area contributed by atoms with Gasteiger partial charge in [-0.3, -0.25) is 19.2 Å². The van der Waals surface area contributed by atoms with E-state index in [9.17, 15) is 28.1 Å². The zero-order chi connectivity index (χ0) is 27.2. The van der Waals surface area contributed by atoms with Crippen molar-refractivity contribution in [2.45, 2.75) is 4.90 Å². The summed E-state index contributed by atoms with van der Waals surface area (Å²) < 4.78 is 36.7. The molecule has 194 valence electrons. The molecule has 0 bridgehead atoms. The van der Waals surface area contributed by atoms with Gasteiger partial charge in [0.1, 0.15) is 11.4 Å². The monoisotopic (exact) mass is 567 g/mol. The average Bonchev–Trinajstić information content (AvgIpc) is 2.87. The molecule has 0 saturated heterocycles. The van der Waals surface area contributed by atoms with Crippen molar-refractivity contribution in [3.8, 4) is 5.75 Å². The number of benzene rings is 3. The Balaban J connectivity index is 1.50. The van der Waals surface area contributed by atoms with Gasteiger partial charge in [-0.05, 0) is 60.7 Å². The van der Waals surface area contributed by atoms with Gasteiger partial charge in [0.25, 0.3) is 21.6 Å². The highest BCUT2D eigenvalue weighted by Crippen LogP contribution is 2.28. The molecule has 0 radical (unpaired) electrons. The number of ether oxygens (including phenoxy) is 2. The lowest BCUT2D eigenvalue weighted by molar-refractivity contribution is -0.383. The number of carbonyl (C=O) groups is 2. The topological polar surface area (TPSA) is 145 Å². The van der Waals surface area contributed by atoms with Gasteiger partial charge in [0, 0.05) is 23.2 Å². The number of amides is 1. The summed E-state index contributed by atoms with van der Waals surface area (Å²) in [6, 6.07) is 15.3. The second-order valence-corrected chi connectivity index (χ2v) is 10.2. The van der Waals surface area contributed by atoms with E-state index in [0.717, 1.165) is 10.4 Å². The average molecular weight is 568 g/mol. The van der Waals surface area contributed by atoms with E-state index in [-0.39, 0.29) is 21.4 Å². The Morgan fingerprint density at radius 2 is 1.59 bits per heavy atom. The van der Waals surface area contributed by atoms with Gasteiger partial charge in [-0.2, -0.15) is 0 Å². The van der Waals surface area contributed by atoms with Crippen LogP contribution in [0.2, 0.25) is 10.0 Å². The second kappa shape index (κ2) is 11.9. The van der Waals surface area contributed by atoms with Gasteiger partial charge in [-0.1, -0.05) is 23.2 Å². The van der Waals surface area contributed by atoms with Crippen molar-refractivity contribution in [2.75, 3.05) is 29.9 Å². The summed E-state index contributed by atoms with van der Waals surface area (Å²) in [7, 11) is -2.43. The first-order valence-corrected chi connectivity index (χ1v) is 12.5. The Bertz CT molecular complexity index is 1410. The first-order valence-electron chi connectivity index (χ1n) is 10.3. The Kier molecular flexibility index (Phi) is 8.92. The molecule has 0 aliphatic heterocycles. The maximum atomic E-state index is 12.8. The number of nitrogens with one attached hydrogen (secondary N) is 1. The molecule has 11 nitrogen and oxygen atoms in total. The van der Waals surface area contributed by atoms with Crippen molar-refractivity contribution in [1.82, 2.24) is 0 Å². The molecule has 1 amide bonds. The van der Waals surface area contributed by atoms with Crippen LogP contribution in [0.4, 0.5) is 17.1 Å². The van der Waals surface area contributed by atoms with Crippen molar-refractivity contribution < 1.29 is 32.4 Å². The Labute approximate surface area is 221 Å². The minimum Gasteiger partial charge on any atom is -0.482 e. The fourth-order valence-corrected chi connectivity index (χ4v) is 4.42. The van der Waals surface area contributed by atoms with E-state index in [1.807, 2.05) is 0 Å². The van der Waals surface area contributed by atoms with Crippen LogP contribution >= 0.6 is 23.2 Å². The predicted molar refractivity (Wildman–Crippen MR) is 137 cm³/mol. The molecule has 1 N–H and O–H groups in total. The van der Waals surface area contributed by atoms with Gasteiger partial charge in [-0.25, -0.2) is 13.2 Å². The van der Waals surface area contributed by atoms with Gasteiger partial charge in [-0.15, -0.1) is 0 Å². The molecule has 0 unspecified atom stereocenters. The summed E-state index contributed by atoms with van der Waals surface area (Å²) in [5, 5.41) is 13.9. The maximum Gasteiger partial charge on any atom is 0.344 e. The number of halogens is 2. The molecule has 0 heterocycles. The number of hydrogen-bond acceptors (Lipinski definition) is 8. The Morgan fingerprint density at radius 3 is 2.22 bits per heavy atom. The van der Waals surface area contributed by atoms with E-state index < -0.39 is 45.7 Å². The number of nitro groups is 1. The quantitative estimate of drug-likeness (QED) is 0.217. The molecular weight excluding hydrogens is 549 g/mol. The van der Waals surface area contributed by atoms with Crippen LogP contribution < -0.4 is 14.4 Å². The highest BCUT2D eigenvalue weighted by atomic mass is 35.5. The van der Waals surface area contributed by atoms with Crippen LogP contribution in [0.1, 0.15) is 0 Å². The molecule has 3 aromatic rings. The summed E-state index contributed by atoms with van der Waals surface area (Å²) >= 11 is 11.5. The van der Waals surface area contributed by atoms with E-state index in [4.69, 9.17) is 32.7 Å². The van der Waals surface area contributed by atoms with Crippen LogP contribution in [-0.2, 0) is 24.3 Å². The maximum absolute atomic E-state index is 12.8. The highest BCUT2D eigenvalue weighted by Gasteiger charge is 2.21. The zero-order valence-corrected chi connectivity index (χ0v) is 21.4. The molecule has 14 heteroatoms. The normalized spacial score (nSPS) is 10.9. The largest absolute Gasteiger partial charge is 0.482 e. The van der Waals surface area contributed by atoms with E-state index >= 15 is 0 Å². The number of nitro benzene ring substituents is 1. The van der Waals surface area contributed by atoms with Crippen LogP contribution in [-0.4, -0.2) is 45.5 Å². The molecule has 0 saturated carbocycles. The molecule has 3 rings (SSSR count). The lowest BCUT2D eigenvalue weighted by atomic mass is 10.2. The van der Waals surface area contributed by atoms with Gasteiger partial charge in [0.05, 0.1) is 15.5 Å². The lowest BCUT2D eigenvalue weighted by Gasteiger charge is -2.20. The van der Waals surface area contributed by atoms with Crippen molar-refractivity contribution in [3.63, 3.8) is 0 Å². The van der Waals surface area contributed by atoms with Crippen LogP contribution in [0.3, 0.4) is 0 Å². The minimum atomic E-state index is -3.82. The van der Waals surface area contributed by atoms with Crippen molar-refractivity contribution in [3.05, 3.63) is 86.9 Å². The van der Waals surface area contributed by atoms with Gasteiger partial charge in [0.2, 0.25) is 0 Å². The SMILES string of the molecule is CN(c1ccc(OCC(=O)OCC(=O)Nc2ccc(Cl)cc2[N+](=O)[O-])cc1)S(=O)(=O)c1ccc(Cl)cc1. The predicted octanol–water partition coefficient (Wildman–Crippen LogP) is 4.29. The summed E-state index contributed by atoms with van der Waals surface area (Å²) in [4.78, 5) is 34.4. The van der Waals surface area contributed by atoms with Gasteiger partial charge in [0.15, 0.2) is 13.2 Å². The molecule has 37 heavy (non-hydrogen) atoms. The summed E-state index contributed by atoms with van der Waals surface area (Å²) in [5.41, 5.74) is -0.168. The lowest BCUT2D eigenvalue weighted by Crippen LogP contribution is -2.26. The highest BCUT2D eigenvalue weighted by molar-refractivity contribution is 7.92. The molecule has 0 spiro atoms. The number of carbonyl (C=O) groups excluding carboxylic acids is 2. The van der Waals surface area contributed by atoms with Gasteiger partial charge < -0.3 is 14.8 Å². The van der Waals surface area contributed by atoms with Crippen molar-refractivity contribution >= 4 is 62.2 Å². The first-order chi connectivity index (χ1) is 17.5. The molecule has 0 aliphatic carbocycles. The number of hydrogen-bond donors (Lipinski definition) is 1. The van der Waals surface area contributed by atoms with Crippen LogP contribution in [0.5, 0.6) is 5.75 Å². The molecule has 3 aromatic carbocycles. The fraction of sp³-hybridized carbons (Fsp3) is 0.130. The fourth-order valence-electron chi connectivity index (χ4n) is 2.93. The summed E-state index contributed by atoms with van der Waals surface area (Å²) in [6.45, 7) is -1.24. The third-order valence-electron chi connectivity index (χ3n) is 4.82. The molecule has 0 atom stereocenters. The number of rotatable bonds is 10. The smallest absolute Gasteiger partial charge is 0.344 e. The van der Waals surface area contributed by atoms with E-state index in [1.54, 1.807) is 0 Å². The number of sulfonamides is 1. The van der Waals surface area contributed by atoms with Crippen molar-refractivity contribution in [2.24, 2.45) is 0 Å². The summed E-state index contributed by atoms with van der Waals surface area (Å²) in [5.74, 6) is -1.42. The summed E-state index contributed by atoms with van der Waals surface area (Å²) in [6.07, 6.45) is 0. The Hall–Kier alpha value is -3.87. The molecule has 0 aliphatic rings. The molecular formula is C23H19Cl2N3O8S. The number of nitrogens with zero attached hydrogens (tertiary/aromatic N) is 2. The molecule has 0 fully saturated rings. The third-order valence-corrected chi connectivity index (χ3v) is 7.11. The van der Waals surface area contributed by atoms with E-state index in [0.29, 0.717) is 10.7 Å². The number of anilines is 2. The minimum absolute atomic E-state index is 0.0668. The van der Waals surface area contributed by atoms with Crippen LogP contribution in [0, 0.1) is 10.1 Å². The number of esters is 1. The standard InChI is InChI=1S/C23H19Cl2N3O8S/c1-27(37(33,34)19-9-2-15(24)3-10-19)17-5-7-18(8-6-17)35-14-23(30)36-13-22(29)26-20-11-4-16(25)12-21(20)28(31)32/h2-12H,13-14H2,1H3,(H,26,29). The second-order valence-electron chi connectivity index (χ2n) is 7.34. The zero-order valence-electron chi connectivity index (χ0n) is 19.1. The van der Waals surface area contributed by atoms with Crippen LogP contribution in [0.15, 0.2) is 71.6 Å². The van der Waals surface area contributed by atoms with E-state index in [1.165, 1.54) is 67.7 Å². The van der Waals surface area contributed by atoms with E-state index in [2.05, 4.69) is 5.32 Å². The van der Waals surface area contributed by atoms with Gasteiger partial charge >= 0.3 is 5.97 Å². The molecule has 0 aromatic heterocycles.